The van der Waals surface area contributed by atoms with E-state index >= 15 is 0 Å². The van der Waals surface area contributed by atoms with E-state index in [4.69, 9.17) is 0 Å². The molecule has 1 aliphatic heterocycles. The number of piperidine rings is 1. The first-order valence-corrected chi connectivity index (χ1v) is 7.57. The highest BCUT2D eigenvalue weighted by Gasteiger charge is 2.22. The maximum absolute atomic E-state index is 13.3. The van der Waals surface area contributed by atoms with E-state index in [9.17, 15) is 18.7 Å². The Kier molecular flexibility index (Phi) is 4.39. The number of hydrogen-bond donors (Lipinski definition) is 1. The van der Waals surface area contributed by atoms with Crippen LogP contribution < -0.4 is 0 Å². The Morgan fingerprint density at radius 3 is 2.17 bits per heavy atom. The number of aliphatic hydroxyl groups excluding tert-OH is 1. The molecule has 23 heavy (non-hydrogen) atoms. The van der Waals surface area contributed by atoms with Crippen molar-refractivity contribution in [3.8, 4) is 11.1 Å². The quantitative estimate of drug-likeness (QED) is 0.924. The minimum absolute atomic E-state index is 0.0752. The highest BCUT2D eigenvalue weighted by atomic mass is 19.2. The van der Waals surface area contributed by atoms with Gasteiger partial charge in [-0.3, -0.25) is 4.79 Å². The van der Waals surface area contributed by atoms with Gasteiger partial charge < -0.3 is 10.0 Å². The van der Waals surface area contributed by atoms with Crippen LogP contribution in [0.3, 0.4) is 0 Å². The van der Waals surface area contributed by atoms with E-state index in [1.807, 2.05) is 0 Å². The number of hydrogen-bond acceptors (Lipinski definition) is 2. The van der Waals surface area contributed by atoms with Crippen molar-refractivity contribution in [2.24, 2.45) is 0 Å². The van der Waals surface area contributed by atoms with Crippen LogP contribution in [0.2, 0.25) is 0 Å². The lowest BCUT2D eigenvalue weighted by Gasteiger charge is -2.29. The molecule has 3 rings (SSSR count). The normalized spacial score (nSPS) is 15.7. The van der Waals surface area contributed by atoms with Crippen LogP contribution >= 0.6 is 0 Å². The van der Waals surface area contributed by atoms with Crippen LogP contribution in [-0.4, -0.2) is 35.1 Å². The molecule has 120 valence electrons. The van der Waals surface area contributed by atoms with E-state index in [1.165, 1.54) is 6.07 Å². The molecule has 1 heterocycles. The number of carbonyl (C=O) groups is 1. The fourth-order valence-electron chi connectivity index (χ4n) is 2.73. The van der Waals surface area contributed by atoms with Gasteiger partial charge in [0.2, 0.25) is 0 Å². The molecule has 0 bridgehead atoms. The zero-order valence-electron chi connectivity index (χ0n) is 12.5. The molecule has 0 aliphatic carbocycles. The van der Waals surface area contributed by atoms with Crippen molar-refractivity contribution in [1.29, 1.82) is 0 Å². The fourth-order valence-corrected chi connectivity index (χ4v) is 2.73. The Hall–Kier alpha value is -2.27. The molecule has 0 saturated carbocycles. The SMILES string of the molecule is O=C(c1ccc(-c2ccc(F)c(F)c2)cc1)N1CCC(O)CC1. The Labute approximate surface area is 133 Å². The summed E-state index contributed by atoms with van der Waals surface area (Å²) in [5, 5.41) is 9.49. The van der Waals surface area contributed by atoms with E-state index in [0.717, 1.165) is 17.7 Å². The van der Waals surface area contributed by atoms with Crippen LogP contribution in [0.5, 0.6) is 0 Å². The average molecular weight is 317 g/mol. The predicted octanol–water partition coefficient (Wildman–Crippen LogP) is 3.23. The Morgan fingerprint density at radius 1 is 0.957 bits per heavy atom. The lowest BCUT2D eigenvalue weighted by molar-refractivity contribution is 0.0546. The van der Waals surface area contributed by atoms with Crippen LogP contribution in [0.15, 0.2) is 42.5 Å². The minimum atomic E-state index is -0.894. The van der Waals surface area contributed by atoms with E-state index in [0.29, 0.717) is 37.1 Å². The molecule has 0 aromatic heterocycles. The number of benzene rings is 2. The number of halogens is 2. The van der Waals surface area contributed by atoms with Crippen molar-refractivity contribution in [1.82, 2.24) is 4.90 Å². The van der Waals surface area contributed by atoms with Crippen molar-refractivity contribution >= 4 is 5.91 Å². The summed E-state index contributed by atoms with van der Waals surface area (Å²) in [6.45, 7) is 1.09. The molecule has 1 saturated heterocycles. The van der Waals surface area contributed by atoms with E-state index < -0.39 is 11.6 Å². The second-order valence-corrected chi connectivity index (χ2v) is 5.73. The highest BCUT2D eigenvalue weighted by Crippen LogP contribution is 2.23. The maximum Gasteiger partial charge on any atom is 0.253 e. The van der Waals surface area contributed by atoms with Crippen molar-refractivity contribution in [2.45, 2.75) is 18.9 Å². The molecule has 1 fully saturated rings. The third-order valence-corrected chi connectivity index (χ3v) is 4.14. The maximum atomic E-state index is 13.3. The summed E-state index contributed by atoms with van der Waals surface area (Å²) >= 11 is 0. The number of amides is 1. The third-order valence-electron chi connectivity index (χ3n) is 4.14. The molecule has 2 aromatic rings. The number of aliphatic hydroxyl groups is 1. The molecule has 1 N–H and O–H groups in total. The summed E-state index contributed by atoms with van der Waals surface area (Å²) in [6.07, 6.45) is 0.868. The van der Waals surface area contributed by atoms with Gasteiger partial charge in [0.05, 0.1) is 6.10 Å². The molecular weight excluding hydrogens is 300 g/mol. The smallest absolute Gasteiger partial charge is 0.253 e. The summed E-state index contributed by atoms with van der Waals surface area (Å²) in [5.41, 5.74) is 1.83. The van der Waals surface area contributed by atoms with E-state index in [-0.39, 0.29) is 12.0 Å². The average Bonchev–Trinajstić information content (AvgIpc) is 2.57. The number of likely N-dealkylation sites (tertiary alicyclic amines) is 1. The number of carbonyl (C=O) groups excluding carboxylic acids is 1. The van der Waals surface area contributed by atoms with Crippen LogP contribution in [0.1, 0.15) is 23.2 Å². The molecule has 0 atom stereocenters. The Bertz CT molecular complexity index is 707. The lowest BCUT2D eigenvalue weighted by Crippen LogP contribution is -2.40. The largest absolute Gasteiger partial charge is 0.393 e. The summed E-state index contributed by atoms with van der Waals surface area (Å²) in [7, 11) is 0. The molecule has 2 aromatic carbocycles. The van der Waals surface area contributed by atoms with Crippen LogP contribution in [0.25, 0.3) is 11.1 Å². The molecule has 1 aliphatic rings. The van der Waals surface area contributed by atoms with Crippen LogP contribution in [-0.2, 0) is 0 Å². The minimum Gasteiger partial charge on any atom is -0.393 e. The topological polar surface area (TPSA) is 40.5 Å². The van der Waals surface area contributed by atoms with Gasteiger partial charge in [0.1, 0.15) is 0 Å². The number of rotatable bonds is 2. The van der Waals surface area contributed by atoms with Crippen LogP contribution in [0.4, 0.5) is 8.78 Å². The van der Waals surface area contributed by atoms with Crippen molar-refractivity contribution in [2.75, 3.05) is 13.1 Å². The summed E-state index contributed by atoms with van der Waals surface area (Å²) < 4.78 is 26.3. The van der Waals surface area contributed by atoms with Gasteiger partial charge in [-0.25, -0.2) is 8.78 Å². The van der Waals surface area contributed by atoms with Gasteiger partial charge in [-0.2, -0.15) is 0 Å². The molecule has 1 amide bonds. The predicted molar refractivity (Wildman–Crippen MR) is 82.9 cm³/mol. The van der Waals surface area contributed by atoms with Gasteiger partial charge >= 0.3 is 0 Å². The molecule has 0 radical (unpaired) electrons. The highest BCUT2D eigenvalue weighted by molar-refractivity contribution is 5.94. The first-order valence-electron chi connectivity index (χ1n) is 7.57. The molecule has 0 spiro atoms. The van der Waals surface area contributed by atoms with Gasteiger partial charge in [-0.05, 0) is 48.2 Å². The molecule has 5 heteroatoms. The zero-order valence-corrected chi connectivity index (χ0v) is 12.5. The number of nitrogens with zero attached hydrogens (tertiary/aromatic N) is 1. The fraction of sp³-hybridized carbons (Fsp3) is 0.278. The standard InChI is InChI=1S/C18H17F2NO2/c19-16-6-5-14(11-17(16)20)12-1-3-13(4-2-12)18(23)21-9-7-15(22)8-10-21/h1-6,11,15,22H,7-10H2. The Morgan fingerprint density at radius 2 is 1.57 bits per heavy atom. The van der Waals surface area contributed by atoms with Crippen molar-refractivity contribution in [3.63, 3.8) is 0 Å². The first kappa shape index (κ1) is 15.6. The third kappa shape index (κ3) is 3.40. The van der Waals surface area contributed by atoms with Crippen molar-refractivity contribution in [3.05, 3.63) is 59.7 Å². The lowest BCUT2D eigenvalue weighted by atomic mass is 10.0. The molecule has 3 nitrogen and oxygen atoms in total. The van der Waals surface area contributed by atoms with E-state index in [1.54, 1.807) is 29.2 Å². The summed E-state index contributed by atoms with van der Waals surface area (Å²) in [4.78, 5) is 14.1. The Balaban J connectivity index is 1.76. The zero-order chi connectivity index (χ0) is 16.4. The van der Waals surface area contributed by atoms with Gasteiger partial charge in [0, 0.05) is 18.7 Å². The summed E-state index contributed by atoms with van der Waals surface area (Å²) in [6, 6.07) is 10.5. The molecule has 0 unspecified atom stereocenters. The second-order valence-electron chi connectivity index (χ2n) is 5.73. The van der Waals surface area contributed by atoms with Gasteiger partial charge in [-0.15, -0.1) is 0 Å². The summed E-state index contributed by atoms with van der Waals surface area (Å²) in [5.74, 6) is -1.85. The second kappa shape index (κ2) is 6.46. The van der Waals surface area contributed by atoms with Crippen molar-refractivity contribution < 1.29 is 18.7 Å². The van der Waals surface area contributed by atoms with Gasteiger partial charge in [0.25, 0.3) is 5.91 Å². The van der Waals surface area contributed by atoms with Crippen LogP contribution in [0, 0.1) is 11.6 Å². The van der Waals surface area contributed by atoms with Gasteiger partial charge in [-0.1, -0.05) is 18.2 Å². The van der Waals surface area contributed by atoms with Gasteiger partial charge in [0.15, 0.2) is 11.6 Å². The first-order chi connectivity index (χ1) is 11.0. The monoisotopic (exact) mass is 317 g/mol. The molecular formula is C18H17F2NO2. The van der Waals surface area contributed by atoms with E-state index in [2.05, 4.69) is 0 Å².